The molecule has 0 saturated heterocycles. The first-order chi connectivity index (χ1) is 13.6. The number of fused-ring (bicyclic) bond motifs is 1. The SMILES string of the molecule is CC[C@H](CCCC[C@H]1[C@@H]2CC(=O)C[C@@H]2C[C@H]1OC(=S)Oc1ccccc1)OC. The van der Waals surface area contributed by atoms with Gasteiger partial charge in [0.1, 0.15) is 17.6 Å². The van der Waals surface area contributed by atoms with Crippen molar-refractivity contribution in [1.82, 2.24) is 0 Å². The van der Waals surface area contributed by atoms with E-state index in [1.54, 1.807) is 7.11 Å². The summed E-state index contributed by atoms with van der Waals surface area (Å²) in [5.41, 5.74) is 0. The summed E-state index contributed by atoms with van der Waals surface area (Å²) >= 11 is 5.35. The zero-order valence-corrected chi connectivity index (χ0v) is 17.8. The van der Waals surface area contributed by atoms with Crippen LogP contribution in [-0.4, -0.2) is 30.3 Å². The van der Waals surface area contributed by atoms with Crippen molar-refractivity contribution >= 4 is 23.2 Å². The molecule has 1 aromatic rings. The fourth-order valence-corrected chi connectivity index (χ4v) is 5.19. The number of carbonyl (C=O) groups is 1. The van der Waals surface area contributed by atoms with Crippen molar-refractivity contribution in [3.63, 3.8) is 0 Å². The number of ether oxygens (including phenoxy) is 3. The Kier molecular flexibility index (Phi) is 7.86. The van der Waals surface area contributed by atoms with Crippen LogP contribution in [0.5, 0.6) is 5.75 Å². The van der Waals surface area contributed by atoms with E-state index in [4.69, 9.17) is 26.4 Å². The van der Waals surface area contributed by atoms with Crippen LogP contribution in [0.3, 0.4) is 0 Å². The van der Waals surface area contributed by atoms with E-state index in [2.05, 4.69) is 6.92 Å². The second kappa shape index (κ2) is 10.4. The molecule has 0 spiro atoms. The summed E-state index contributed by atoms with van der Waals surface area (Å²) in [5, 5.41) is 0.193. The number of para-hydroxylation sites is 1. The number of thiocarbonyl (C=S) groups is 1. The highest BCUT2D eigenvalue weighted by Crippen LogP contribution is 2.49. The van der Waals surface area contributed by atoms with E-state index < -0.39 is 0 Å². The van der Waals surface area contributed by atoms with Crippen LogP contribution in [0.25, 0.3) is 0 Å². The van der Waals surface area contributed by atoms with Crippen molar-refractivity contribution in [2.45, 2.75) is 70.5 Å². The zero-order chi connectivity index (χ0) is 19.9. The van der Waals surface area contributed by atoms with Gasteiger partial charge in [0, 0.05) is 32.2 Å². The lowest BCUT2D eigenvalue weighted by Gasteiger charge is -2.25. The molecule has 2 aliphatic rings. The minimum Gasteiger partial charge on any atom is -0.453 e. The third-order valence-corrected chi connectivity index (χ3v) is 6.60. The van der Waals surface area contributed by atoms with Crippen molar-refractivity contribution < 1.29 is 19.0 Å². The van der Waals surface area contributed by atoms with E-state index in [0.29, 0.717) is 48.2 Å². The molecule has 3 rings (SSSR count). The lowest BCUT2D eigenvalue weighted by atomic mass is 9.87. The van der Waals surface area contributed by atoms with Crippen LogP contribution in [0.1, 0.15) is 58.3 Å². The van der Waals surface area contributed by atoms with Crippen LogP contribution in [0.2, 0.25) is 0 Å². The van der Waals surface area contributed by atoms with E-state index >= 15 is 0 Å². The molecular formula is C23H32O4S. The van der Waals surface area contributed by atoms with Crippen LogP contribution >= 0.6 is 12.2 Å². The standard InChI is InChI=1S/C23H32O4S/c1-3-18(25-2)9-7-8-12-20-21-15-17(24)13-16(21)14-22(20)27-23(28)26-19-10-5-4-6-11-19/h4-6,10-11,16,18,20-22H,3,7-9,12-15H2,1-2H3/t16-,18-,20+,21-,22-/m1/s1. The summed E-state index contributed by atoms with van der Waals surface area (Å²) < 4.78 is 17.3. The summed E-state index contributed by atoms with van der Waals surface area (Å²) in [6.45, 7) is 2.16. The number of benzene rings is 1. The van der Waals surface area contributed by atoms with Gasteiger partial charge >= 0.3 is 5.24 Å². The summed E-state index contributed by atoms with van der Waals surface area (Å²) in [4.78, 5) is 12.0. The molecule has 1 aromatic carbocycles. The molecule has 0 N–H and O–H groups in total. The summed E-state index contributed by atoms with van der Waals surface area (Å²) in [6, 6.07) is 9.50. The first-order valence-electron chi connectivity index (χ1n) is 10.6. The first-order valence-corrected chi connectivity index (χ1v) is 11.0. The van der Waals surface area contributed by atoms with Gasteiger partial charge in [0.25, 0.3) is 0 Å². The molecule has 28 heavy (non-hydrogen) atoms. The normalized spacial score (nSPS) is 27.4. The number of ketones is 1. The van der Waals surface area contributed by atoms with Crippen LogP contribution in [0, 0.1) is 17.8 Å². The monoisotopic (exact) mass is 404 g/mol. The maximum Gasteiger partial charge on any atom is 0.358 e. The quantitative estimate of drug-likeness (QED) is 0.411. The number of rotatable bonds is 9. The Morgan fingerprint density at radius 2 is 2.00 bits per heavy atom. The Morgan fingerprint density at radius 3 is 2.71 bits per heavy atom. The molecule has 4 nitrogen and oxygen atoms in total. The topological polar surface area (TPSA) is 44.8 Å². The molecule has 0 unspecified atom stereocenters. The Labute approximate surface area is 173 Å². The van der Waals surface area contributed by atoms with Gasteiger partial charge in [-0.2, -0.15) is 0 Å². The fraction of sp³-hybridized carbons (Fsp3) is 0.652. The number of carbonyl (C=O) groups excluding carboxylic acids is 1. The van der Waals surface area contributed by atoms with Gasteiger partial charge in [0.05, 0.1) is 6.10 Å². The molecule has 0 heterocycles. The van der Waals surface area contributed by atoms with E-state index in [-0.39, 0.29) is 11.3 Å². The van der Waals surface area contributed by atoms with E-state index in [9.17, 15) is 4.79 Å². The molecule has 0 aliphatic heterocycles. The second-order valence-electron chi connectivity index (χ2n) is 8.14. The second-order valence-corrected chi connectivity index (χ2v) is 8.48. The molecule has 0 radical (unpaired) electrons. The van der Waals surface area contributed by atoms with E-state index in [1.165, 1.54) is 0 Å². The van der Waals surface area contributed by atoms with Gasteiger partial charge in [0.15, 0.2) is 0 Å². The lowest BCUT2D eigenvalue weighted by molar-refractivity contribution is -0.118. The molecule has 5 heteroatoms. The lowest BCUT2D eigenvalue weighted by Crippen LogP contribution is -2.27. The molecule has 2 fully saturated rings. The smallest absolute Gasteiger partial charge is 0.358 e. The maximum absolute atomic E-state index is 12.0. The third kappa shape index (κ3) is 5.54. The number of unbranched alkanes of at least 4 members (excludes halogenated alkanes) is 1. The van der Waals surface area contributed by atoms with Crippen LogP contribution in [-0.2, 0) is 14.3 Å². The van der Waals surface area contributed by atoms with Gasteiger partial charge in [-0.3, -0.25) is 4.79 Å². The van der Waals surface area contributed by atoms with Gasteiger partial charge in [0.2, 0.25) is 0 Å². The van der Waals surface area contributed by atoms with E-state index in [0.717, 1.165) is 38.5 Å². The third-order valence-electron chi connectivity index (χ3n) is 6.42. The molecule has 5 atom stereocenters. The highest BCUT2D eigenvalue weighted by Gasteiger charge is 2.49. The fourth-order valence-electron chi connectivity index (χ4n) is 4.97. The van der Waals surface area contributed by atoms with Crippen molar-refractivity contribution in [3.8, 4) is 5.75 Å². The van der Waals surface area contributed by atoms with Crippen LogP contribution in [0.4, 0.5) is 0 Å². The minimum atomic E-state index is 0.0590. The Balaban J connectivity index is 1.54. The zero-order valence-electron chi connectivity index (χ0n) is 17.0. The number of hydrogen-bond acceptors (Lipinski definition) is 5. The molecule has 0 bridgehead atoms. The summed E-state index contributed by atoms with van der Waals surface area (Å²) in [6.07, 6.45) is 8.23. The molecule has 154 valence electrons. The van der Waals surface area contributed by atoms with Gasteiger partial charge < -0.3 is 14.2 Å². The highest BCUT2D eigenvalue weighted by molar-refractivity contribution is 7.79. The maximum atomic E-state index is 12.0. The molecule has 2 aliphatic carbocycles. The Bertz CT molecular complexity index is 643. The van der Waals surface area contributed by atoms with Gasteiger partial charge in [-0.1, -0.05) is 38.0 Å². The molecule has 0 aromatic heterocycles. The van der Waals surface area contributed by atoms with Crippen molar-refractivity contribution in [2.24, 2.45) is 17.8 Å². The minimum absolute atomic E-state index is 0.0590. The number of methoxy groups -OCH3 is 1. The van der Waals surface area contributed by atoms with Crippen molar-refractivity contribution in [2.75, 3.05) is 7.11 Å². The average Bonchev–Trinajstić information content (AvgIpc) is 3.18. The predicted octanol–water partition coefficient (Wildman–Crippen LogP) is 5.34. The Morgan fingerprint density at radius 1 is 1.21 bits per heavy atom. The Hall–Kier alpha value is -1.46. The molecular weight excluding hydrogens is 372 g/mol. The van der Waals surface area contributed by atoms with Crippen molar-refractivity contribution in [1.29, 1.82) is 0 Å². The number of Topliss-reactive ketones (excluding diaryl/α,β-unsaturated/α-hetero) is 1. The number of hydrogen-bond donors (Lipinski definition) is 0. The predicted molar refractivity (Wildman–Crippen MR) is 113 cm³/mol. The van der Waals surface area contributed by atoms with Crippen molar-refractivity contribution in [3.05, 3.63) is 30.3 Å². The largest absolute Gasteiger partial charge is 0.453 e. The summed E-state index contributed by atoms with van der Waals surface area (Å²) in [5.74, 6) is 2.39. The van der Waals surface area contributed by atoms with Crippen LogP contribution in [0.15, 0.2) is 30.3 Å². The van der Waals surface area contributed by atoms with Crippen LogP contribution < -0.4 is 4.74 Å². The first kappa shape index (κ1) is 21.3. The van der Waals surface area contributed by atoms with E-state index in [1.807, 2.05) is 30.3 Å². The average molecular weight is 405 g/mol. The molecule has 0 amide bonds. The van der Waals surface area contributed by atoms with Gasteiger partial charge in [-0.25, -0.2) is 0 Å². The highest BCUT2D eigenvalue weighted by atomic mass is 32.1. The van der Waals surface area contributed by atoms with Gasteiger partial charge in [-0.05, 0) is 55.6 Å². The molecule has 2 saturated carbocycles. The summed E-state index contributed by atoms with van der Waals surface area (Å²) in [7, 11) is 1.79. The van der Waals surface area contributed by atoms with Gasteiger partial charge in [-0.15, -0.1) is 0 Å².